The Hall–Kier alpha value is -1.55. The molecule has 0 bridgehead atoms. The molecule has 0 spiro atoms. The number of methoxy groups -OCH3 is 1. The van der Waals surface area contributed by atoms with Crippen molar-refractivity contribution in [2.75, 3.05) is 13.7 Å². The summed E-state index contributed by atoms with van der Waals surface area (Å²) in [5, 5.41) is 9.01. The van der Waals surface area contributed by atoms with E-state index in [9.17, 15) is 4.79 Å². The fraction of sp³-hybridized carbons (Fsp3) is 0.462. The SMILES string of the molecule is CCCO[C@H](Cc1ccc(OC)cc1)C(=O)O. The van der Waals surface area contributed by atoms with Crippen LogP contribution >= 0.6 is 0 Å². The number of aliphatic carboxylic acids is 1. The molecule has 1 rings (SSSR count). The minimum Gasteiger partial charge on any atom is -0.497 e. The lowest BCUT2D eigenvalue weighted by Crippen LogP contribution is -2.26. The molecule has 0 aromatic heterocycles. The van der Waals surface area contributed by atoms with Gasteiger partial charge in [0.2, 0.25) is 0 Å². The van der Waals surface area contributed by atoms with Crippen molar-refractivity contribution in [2.24, 2.45) is 0 Å². The molecule has 1 aromatic rings. The summed E-state index contributed by atoms with van der Waals surface area (Å²) in [6, 6.07) is 7.33. The van der Waals surface area contributed by atoms with E-state index in [1.807, 2.05) is 31.2 Å². The maximum atomic E-state index is 11.0. The van der Waals surface area contributed by atoms with Gasteiger partial charge in [-0.15, -0.1) is 0 Å². The maximum Gasteiger partial charge on any atom is 0.333 e. The molecule has 94 valence electrons. The predicted octanol–water partition coefficient (Wildman–Crippen LogP) is 2.12. The van der Waals surface area contributed by atoms with Crippen molar-refractivity contribution >= 4 is 5.97 Å². The van der Waals surface area contributed by atoms with Crippen molar-refractivity contribution in [1.82, 2.24) is 0 Å². The summed E-state index contributed by atoms with van der Waals surface area (Å²) in [7, 11) is 1.60. The van der Waals surface area contributed by atoms with Crippen molar-refractivity contribution in [3.63, 3.8) is 0 Å². The highest BCUT2D eigenvalue weighted by atomic mass is 16.5. The number of ether oxygens (including phenoxy) is 2. The van der Waals surface area contributed by atoms with Gasteiger partial charge in [-0.2, -0.15) is 0 Å². The topological polar surface area (TPSA) is 55.8 Å². The van der Waals surface area contributed by atoms with Crippen LogP contribution in [0.15, 0.2) is 24.3 Å². The van der Waals surface area contributed by atoms with Gasteiger partial charge in [-0.05, 0) is 24.1 Å². The average Bonchev–Trinajstić information content (AvgIpc) is 2.35. The highest BCUT2D eigenvalue weighted by Gasteiger charge is 2.18. The van der Waals surface area contributed by atoms with Crippen molar-refractivity contribution < 1.29 is 19.4 Å². The minimum absolute atomic E-state index is 0.374. The molecule has 4 heteroatoms. The first-order valence-electron chi connectivity index (χ1n) is 5.64. The molecular formula is C13H18O4. The molecule has 0 fully saturated rings. The van der Waals surface area contributed by atoms with Gasteiger partial charge < -0.3 is 14.6 Å². The van der Waals surface area contributed by atoms with E-state index in [2.05, 4.69) is 0 Å². The molecule has 0 aliphatic carbocycles. The van der Waals surface area contributed by atoms with Gasteiger partial charge >= 0.3 is 5.97 Å². The third kappa shape index (κ3) is 4.44. The molecule has 17 heavy (non-hydrogen) atoms. The van der Waals surface area contributed by atoms with E-state index in [-0.39, 0.29) is 0 Å². The van der Waals surface area contributed by atoms with Gasteiger partial charge in [-0.1, -0.05) is 19.1 Å². The zero-order valence-electron chi connectivity index (χ0n) is 10.2. The summed E-state index contributed by atoms with van der Waals surface area (Å²) < 4.78 is 10.3. The Labute approximate surface area is 101 Å². The van der Waals surface area contributed by atoms with E-state index in [0.717, 1.165) is 17.7 Å². The van der Waals surface area contributed by atoms with Gasteiger partial charge in [0.25, 0.3) is 0 Å². The second-order valence-electron chi connectivity index (χ2n) is 3.75. The first-order valence-corrected chi connectivity index (χ1v) is 5.64. The maximum absolute atomic E-state index is 11.0. The van der Waals surface area contributed by atoms with Crippen LogP contribution in [0.2, 0.25) is 0 Å². The molecule has 1 N–H and O–H groups in total. The van der Waals surface area contributed by atoms with Crippen LogP contribution in [-0.2, 0) is 16.0 Å². The van der Waals surface area contributed by atoms with E-state index in [1.54, 1.807) is 7.11 Å². The average molecular weight is 238 g/mol. The van der Waals surface area contributed by atoms with Gasteiger partial charge in [0.15, 0.2) is 6.10 Å². The molecule has 0 saturated heterocycles. The lowest BCUT2D eigenvalue weighted by Gasteiger charge is -2.13. The molecule has 0 amide bonds. The molecule has 0 unspecified atom stereocenters. The van der Waals surface area contributed by atoms with Crippen LogP contribution in [0, 0.1) is 0 Å². The second-order valence-corrected chi connectivity index (χ2v) is 3.75. The Morgan fingerprint density at radius 2 is 2.00 bits per heavy atom. The van der Waals surface area contributed by atoms with Crippen LogP contribution in [0.5, 0.6) is 5.75 Å². The Balaban J connectivity index is 2.61. The first-order chi connectivity index (χ1) is 8.17. The van der Waals surface area contributed by atoms with Crippen LogP contribution in [-0.4, -0.2) is 30.9 Å². The monoisotopic (exact) mass is 238 g/mol. The fourth-order valence-electron chi connectivity index (χ4n) is 1.45. The first kappa shape index (κ1) is 13.5. The number of carbonyl (C=O) groups is 1. The standard InChI is InChI=1S/C13H18O4/c1-3-8-17-12(13(14)15)9-10-4-6-11(16-2)7-5-10/h4-7,12H,3,8-9H2,1-2H3,(H,14,15)/t12-/m1/s1. The Kier molecular flexibility index (Phi) is 5.49. The molecule has 0 saturated carbocycles. The van der Waals surface area contributed by atoms with Crippen molar-refractivity contribution in [3.05, 3.63) is 29.8 Å². The van der Waals surface area contributed by atoms with Crippen molar-refractivity contribution in [3.8, 4) is 5.75 Å². The van der Waals surface area contributed by atoms with E-state index in [1.165, 1.54) is 0 Å². The van der Waals surface area contributed by atoms with Gasteiger partial charge in [0.05, 0.1) is 7.11 Å². The molecule has 1 aromatic carbocycles. The summed E-state index contributed by atoms with van der Waals surface area (Å²) in [5.41, 5.74) is 0.925. The van der Waals surface area contributed by atoms with Gasteiger partial charge in [0.1, 0.15) is 5.75 Å². The quantitative estimate of drug-likeness (QED) is 0.790. The lowest BCUT2D eigenvalue weighted by atomic mass is 10.1. The number of rotatable bonds is 7. The predicted molar refractivity (Wildman–Crippen MR) is 64.4 cm³/mol. The van der Waals surface area contributed by atoms with Crippen LogP contribution < -0.4 is 4.74 Å². The molecule has 0 aliphatic heterocycles. The van der Waals surface area contributed by atoms with Crippen LogP contribution in [0.4, 0.5) is 0 Å². The normalized spacial score (nSPS) is 12.1. The third-order valence-corrected chi connectivity index (χ3v) is 2.38. The highest BCUT2D eigenvalue weighted by molar-refractivity contribution is 5.72. The highest BCUT2D eigenvalue weighted by Crippen LogP contribution is 2.13. The van der Waals surface area contributed by atoms with Crippen LogP contribution in [0.1, 0.15) is 18.9 Å². The number of hydrogen-bond acceptors (Lipinski definition) is 3. The number of carboxylic acid groups (broad SMARTS) is 1. The van der Waals surface area contributed by atoms with Gasteiger partial charge in [0, 0.05) is 13.0 Å². The molecular weight excluding hydrogens is 220 g/mol. The number of carboxylic acids is 1. The molecule has 0 aliphatic rings. The summed E-state index contributed by atoms with van der Waals surface area (Å²) in [4.78, 5) is 11.0. The third-order valence-electron chi connectivity index (χ3n) is 2.38. The molecule has 4 nitrogen and oxygen atoms in total. The van der Waals surface area contributed by atoms with E-state index >= 15 is 0 Å². The van der Waals surface area contributed by atoms with Crippen molar-refractivity contribution in [2.45, 2.75) is 25.9 Å². The lowest BCUT2D eigenvalue weighted by molar-refractivity contribution is -0.150. The number of benzene rings is 1. The Morgan fingerprint density at radius 1 is 1.35 bits per heavy atom. The molecule has 0 radical (unpaired) electrons. The van der Waals surface area contributed by atoms with E-state index < -0.39 is 12.1 Å². The van der Waals surface area contributed by atoms with Gasteiger partial charge in [-0.3, -0.25) is 0 Å². The van der Waals surface area contributed by atoms with E-state index in [0.29, 0.717) is 13.0 Å². The zero-order valence-corrected chi connectivity index (χ0v) is 10.2. The summed E-state index contributed by atoms with van der Waals surface area (Å²) in [5.74, 6) is -0.163. The Bertz CT molecular complexity index is 345. The minimum atomic E-state index is -0.922. The second kappa shape index (κ2) is 6.91. The number of hydrogen-bond donors (Lipinski definition) is 1. The van der Waals surface area contributed by atoms with E-state index in [4.69, 9.17) is 14.6 Å². The van der Waals surface area contributed by atoms with Crippen molar-refractivity contribution in [1.29, 1.82) is 0 Å². The Morgan fingerprint density at radius 3 is 2.47 bits per heavy atom. The summed E-state index contributed by atoms with van der Waals surface area (Å²) >= 11 is 0. The fourth-order valence-corrected chi connectivity index (χ4v) is 1.45. The van der Waals surface area contributed by atoms with Crippen LogP contribution in [0.25, 0.3) is 0 Å². The molecule has 1 atom stereocenters. The molecule has 0 heterocycles. The summed E-state index contributed by atoms with van der Waals surface area (Å²) in [6.07, 6.45) is 0.412. The largest absolute Gasteiger partial charge is 0.497 e. The summed E-state index contributed by atoms with van der Waals surface area (Å²) in [6.45, 7) is 2.42. The smallest absolute Gasteiger partial charge is 0.333 e. The zero-order chi connectivity index (χ0) is 12.7. The van der Waals surface area contributed by atoms with Gasteiger partial charge in [-0.25, -0.2) is 4.79 Å². The van der Waals surface area contributed by atoms with Crippen LogP contribution in [0.3, 0.4) is 0 Å².